The average Bonchev–Trinajstić information content (AvgIpc) is 2.40. The van der Waals surface area contributed by atoms with Gasteiger partial charge in [-0.1, -0.05) is 23.2 Å². The molecule has 2 rings (SSSR count). The summed E-state index contributed by atoms with van der Waals surface area (Å²) in [6.45, 7) is 0.619. The van der Waals surface area contributed by atoms with Gasteiger partial charge in [0.2, 0.25) is 0 Å². The average molecular weight is 302 g/mol. The zero-order valence-corrected chi connectivity index (χ0v) is 12.0. The van der Waals surface area contributed by atoms with Crippen molar-refractivity contribution in [3.05, 3.63) is 33.8 Å². The molecule has 0 spiro atoms. The van der Waals surface area contributed by atoms with Crippen molar-refractivity contribution in [3.63, 3.8) is 0 Å². The lowest BCUT2D eigenvalue weighted by Gasteiger charge is -2.25. The number of aliphatic hydroxyl groups is 1. The molecular formula is C14H17Cl2NO2. The van der Waals surface area contributed by atoms with Gasteiger partial charge in [0.1, 0.15) is 0 Å². The Balaban J connectivity index is 1.89. The summed E-state index contributed by atoms with van der Waals surface area (Å²) in [5.74, 6) is 0.240. The summed E-state index contributed by atoms with van der Waals surface area (Å²) < 4.78 is 0. The van der Waals surface area contributed by atoms with Crippen molar-refractivity contribution in [3.8, 4) is 0 Å². The molecule has 0 saturated heterocycles. The number of carbonyl (C=O) groups excluding carboxylic acids is 1. The first-order chi connectivity index (χ1) is 9.06. The van der Waals surface area contributed by atoms with Gasteiger partial charge in [0, 0.05) is 11.6 Å². The fourth-order valence-corrected chi connectivity index (χ4v) is 2.73. The van der Waals surface area contributed by atoms with Gasteiger partial charge in [-0.25, -0.2) is 0 Å². The number of carbonyl (C=O) groups is 1. The number of hydrogen-bond acceptors (Lipinski definition) is 2. The molecule has 0 aromatic heterocycles. The number of hydrogen-bond donors (Lipinski definition) is 2. The maximum atomic E-state index is 12.0. The van der Waals surface area contributed by atoms with Gasteiger partial charge >= 0.3 is 0 Å². The minimum atomic E-state index is -0.196. The molecule has 1 aliphatic carbocycles. The van der Waals surface area contributed by atoms with Crippen LogP contribution < -0.4 is 5.32 Å². The molecule has 19 heavy (non-hydrogen) atoms. The Labute approximate surface area is 122 Å². The Morgan fingerprint density at radius 3 is 2.63 bits per heavy atom. The van der Waals surface area contributed by atoms with E-state index < -0.39 is 0 Å². The summed E-state index contributed by atoms with van der Waals surface area (Å²) in [7, 11) is 0. The lowest BCUT2D eigenvalue weighted by Crippen LogP contribution is -2.32. The van der Waals surface area contributed by atoms with Crippen LogP contribution in [0.4, 0.5) is 0 Å². The van der Waals surface area contributed by atoms with Crippen LogP contribution in [0.15, 0.2) is 18.2 Å². The summed E-state index contributed by atoms with van der Waals surface area (Å²) in [6, 6.07) is 4.85. The van der Waals surface area contributed by atoms with Crippen molar-refractivity contribution >= 4 is 29.1 Å². The molecule has 0 radical (unpaired) electrons. The Hall–Kier alpha value is -0.770. The zero-order valence-electron chi connectivity index (χ0n) is 10.5. The number of amides is 1. The van der Waals surface area contributed by atoms with E-state index in [2.05, 4.69) is 5.32 Å². The topological polar surface area (TPSA) is 49.3 Å². The molecule has 1 aromatic rings. The highest BCUT2D eigenvalue weighted by atomic mass is 35.5. The molecule has 1 aliphatic rings. The van der Waals surface area contributed by atoms with Gasteiger partial charge < -0.3 is 10.4 Å². The first-order valence-corrected chi connectivity index (χ1v) is 7.23. The summed E-state index contributed by atoms with van der Waals surface area (Å²) in [6.07, 6.45) is 3.36. The first kappa shape index (κ1) is 14.6. The van der Waals surface area contributed by atoms with Gasteiger partial charge in [-0.15, -0.1) is 0 Å². The molecule has 0 atom stereocenters. The number of rotatable bonds is 3. The summed E-state index contributed by atoms with van der Waals surface area (Å²) in [4.78, 5) is 12.0. The third-order valence-corrected chi connectivity index (χ3v) is 4.11. The SMILES string of the molecule is O=C(NCC1CCC(O)CC1)c1cc(Cl)ccc1Cl. The van der Waals surface area contributed by atoms with Gasteiger partial charge in [-0.2, -0.15) is 0 Å². The Morgan fingerprint density at radius 1 is 1.26 bits per heavy atom. The van der Waals surface area contributed by atoms with Crippen LogP contribution in [-0.4, -0.2) is 23.7 Å². The largest absolute Gasteiger partial charge is 0.393 e. The smallest absolute Gasteiger partial charge is 0.252 e. The summed E-state index contributed by atoms with van der Waals surface area (Å²) in [5.41, 5.74) is 0.407. The highest BCUT2D eigenvalue weighted by Crippen LogP contribution is 2.24. The number of aliphatic hydroxyl groups excluding tert-OH is 1. The molecule has 0 heterocycles. The fourth-order valence-electron chi connectivity index (χ4n) is 2.35. The lowest BCUT2D eigenvalue weighted by molar-refractivity contribution is 0.0910. The van der Waals surface area contributed by atoms with Gasteiger partial charge in [0.25, 0.3) is 5.91 Å². The third kappa shape index (κ3) is 4.10. The van der Waals surface area contributed by atoms with Gasteiger partial charge in [0.15, 0.2) is 0 Å². The van der Waals surface area contributed by atoms with Crippen LogP contribution in [0.2, 0.25) is 10.0 Å². The maximum absolute atomic E-state index is 12.0. The van der Waals surface area contributed by atoms with E-state index in [1.807, 2.05) is 0 Å². The number of halogens is 2. The number of benzene rings is 1. The van der Waals surface area contributed by atoms with Crippen molar-refractivity contribution < 1.29 is 9.90 Å². The Kier molecular flexibility index (Phi) is 5.08. The molecule has 2 N–H and O–H groups in total. The normalized spacial score (nSPS) is 23.1. The van der Waals surface area contributed by atoms with Crippen LogP contribution in [0.3, 0.4) is 0 Å². The van der Waals surface area contributed by atoms with Gasteiger partial charge in [0.05, 0.1) is 16.7 Å². The fraction of sp³-hybridized carbons (Fsp3) is 0.500. The van der Waals surface area contributed by atoms with Gasteiger partial charge in [-0.3, -0.25) is 4.79 Å². The summed E-state index contributed by atoms with van der Waals surface area (Å²) in [5, 5.41) is 13.2. The van der Waals surface area contributed by atoms with E-state index in [0.29, 0.717) is 28.1 Å². The monoisotopic (exact) mass is 301 g/mol. The summed E-state index contributed by atoms with van der Waals surface area (Å²) >= 11 is 11.8. The van der Waals surface area contributed by atoms with Crippen LogP contribution in [0, 0.1) is 5.92 Å². The van der Waals surface area contributed by atoms with Crippen molar-refractivity contribution in [2.45, 2.75) is 31.8 Å². The molecule has 0 unspecified atom stereocenters. The van der Waals surface area contributed by atoms with E-state index in [0.717, 1.165) is 25.7 Å². The van der Waals surface area contributed by atoms with Crippen LogP contribution in [-0.2, 0) is 0 Å². The van der Waals surface area contributed by atoms with E-state index in [1.54, 1.807) is 18.2 Å². The van der Waals surface area contributed by atoms with E-state index in [1.165, 1.54) is 0 Å². The maximum Gasteiger partial charge on any atom is 0.252 e. The lowest BCUT2D eigenvalue weighted by atomic mass is 9.87. The molecule has 1 amide bonds. The third-order valence-electron chi connectivity index (χ3n) is 3.54. The second-order valence-electron chi connectivity index (χ2n) is 5.01. The van der Waals surface area contributed by atoms with E-state index in [-0.39, 0.29) is 12.0 Å². The quantitative estimate of drug-likeness (QED) is 0.900. The minimum absolute atomic E-state index is 0.172. The second kappa shape index (κ2) is 6.60. The molecule has 5 heteroatoms. The van der Waals surface area contributed by atoms with Crippen LogP contribution in [0.1, 0.15) is 36.0 Å². The van der Waals surface area contributed by atoms with Crippen molar-refractivity contribution in [2.24, 2.45) is 5.92 Å². The molecule has 1 fully saturated rings. The highest BCUT2D eigenvalue weighted by molar-refractivity contribution is 6.35. The minimum Gasteiger partial charge on any atom is -0.393 e. The predicted octanol–water partition coefficient (Wildman–Crippen LogP) is 3.27. The first-order valence-electron chi connectivity index (χ1n) is 6.47. The van der Waals surface area contributed by atoms with Gasteiger partial charge in [-0.05, 0) is 49.8 Å². The van der Waals surface area contributed by atoms with E-state index in [4.69, 9.17) is 23.2 Å². The van der Waals surface area contributed by atoms with Crippen molar-refractivity contribution in [1.82, 2.24) is 5.32 Å². The zero-order chi connectivity index (χ0) is 13.8. The molecule has 0 aliphatic heterocycles. The van der Waals surface area contributed by atoms with Crippen LogP contribution in [0.25, 0.3) is 0 Å². The Morgan fingerprint density at radius 2 is 1.95 bits per heavy atom. The van der Waals surface area contributed by atoms with E-state index in [9.17, 15) is 9.90 Å². The molecule has 0 bridgehead atoms. The molecule has 1 saturated carbocycles. The Bertz CT molecular complexity index is 457. The van der Waals surface area contributed by atoms with Crippen molar-refractivity contribution in [2.75, 3.05) is 6.54 Å². The standard InChI is InChI=1S/C14H17Cl2NO2/c15-10-3-6-13(16)12(7-10)14(19)17-8-9-1-4-11(18)5-2-9/h3,6-7,9,11,18H,1-2,4-5,8H2,(H,17,19). The number of nitrogens with one attached hydrogen (secondary N) is 1. The molecule has 1 aromatic carbocycles. The predicted molar refractivity (Wildman–Crippen MR) is 76.8 cm³/mol. The second-order valence-corrected chi connectivity index (χ2v) is 5.85. The molecular weight excluding hydrogens is 285 g/mol. The molecule has 3 nitrogen and oxygen atoms in total. The highest BCUT2D eigenvalue weighted by Gasteiger charge is 2.20. The van der Waals surface area contributed by atoms with Crippen LogP contribution in [0.5, 0.6) is 0 Å². The molecule has 104 valence electrons. The van der Waals surface area contributed by atoms with Crippen LogP contribution >= 0.6 is 23.2 Å². The van der Waals surface area contributed by atoms with E-state index >= 15 is 0 Å². The van der Waals surface area contributed by atoms with Crippen molar-refractivity contribution in [1.29, 1.82) is 0 Å².